The molecule has 0 bridgehead atoms. The van der Waals surface area contributed by atoms with E-state index in [0.717, 1.165) is 12.1 Å². The van der Waals surface area contributed by atoms with Gasteiger partial charge in [0.05, 0.1) is 17.9 Å². The largest absolute Gasteiger partial charge is 0.365 e. The van der Waals surface area contributed by atoms with E-state index in [-0.39, 0.29) is 18.1 Å². The van der Waals surface area contributed by atoms with Gasteiger partial charge in [-0.05, 0) is 35.5 Å². The van der Waals surface area contributed by atoms with Crippen LogP contribution in [0.2, 0.25) is 0 Å². The van der Waals surface area contributed by atoms with Crippen molar-refractivity contribution < 1.29 is 4.74 Å². The molecule has 152 valence electrons. The molecule has 30 heavy (non-hydrogen) atoms. The van der Waals surface area contributed by atoms with E-state index in [4.69, 9.17) is 17.0 Å². The SMILES string of the molecule is CC1C(c2ccccc2)OC(c2ccccc2)CC12NC(=S)NN2c1ccccc1. The van der Waals surface area contributed by atoms with Crippen molar-refractivity contribution in [1.82, 2.24) is 10.7 Å². The minimum absolute atomic E-state index is 0.0611. The molecule has 0 saturated carbocycles. The summed E-state index contributed by atoms with van der Waals surface area (Å²) in [4.78, 5) is 0. The van der Waals surface area contributed by atoms with Crippen LogP contribution in [0.15, 0.2) is 91.0 Å². The number of thiocarbonyl (C=S) groups is 1. The Labute approximate surface area is 182 Å². The zero-order chi connectivity index (χ0) is 20.6. The average molecular weight is 416 g/mol. The van der Waals surface area contributed by atoms with Gasteiger partial charge in [0.15, 0.2) is 5.11 Å². The lowest BCUT2D eigenvalue weighted by Crippen LogP contribution is -2.62. The molecule has 2 heterocycles. The van der Waals surface area contributed by atoms with Gasteiger partial charge < -0.3 is 10.1 Å². The van der Waals surface area contributed by atoms with Gasteiger partial charge in [0.25, 0.3) is 0 Å². The molecule has 5 heteroatoms. The van der Waals surface area contributed by atoms with Crippen molar-refractivity contribution >= 4 is 23.0 Å². The van der Waals surface area contributed by atoms with E-state index in [1.165, 1.54) is 11.1 Å². The van der Waals surface area contributed by atoms with Crippen LogP contribution in [0.3, 0.4) is 0 Å². The van der Waals surface area contributed by atoms with Crippen LogP contribution < -0.4 is 15.8 Å². The lowest BCUT2D eigenvalue weighted by Gasteiger charge is -2.51. The maximum atomic E-state index is 6.74. The first-order chi connectivity index (χ1) is 14.7. The van der Waals surface area contributed by atoms with Crippen LogP contribution >= 0.6 is 12.2 Å². The molecule has 0 aliphatic carbocycles. The Kier molecular flexibility index (Phi) is 4.93. The molecule has 2 N–H and O–H groups in total. The molecule has 1 spiro atoms. The van der Waals surface area contributed by atoms with Crippen molar-refractivity contribution in [1.29, 1.82) is 0 Å². The summed E-state index contributed by atoms with van der Waals surface area (Å²) in [7, 11) is 0. The summed E-state index contributed by atoms with van der Waals surface area (Å²) in [6.07, 6.45) is 0.629. The van der Waals surface area contributed by atoms with E-state index >= 15 is 0 Å². The highest BCUT2D eigenvalue weighted by atomic mass is 32.1. The molecule has 2 aliphatic heterocycles. The number of rotatable bonds is 3. The van der Waals surface area contributed by atoms with Crippen LogP contribution in [0.1, 0.15) is 36.7 Å². The lowest BCUT2D eigenvalue weighted by atomic mass is 9.77. The van der Waals surface area contributed by atoms with Gasteiger partial charge in [0.2, 0.25) is 0 Å². The topological polar surface area (TPSA) is 36.5 Å². The Morgan fingerprint density at radius 3 is 2.07 bits per heavy atom. The first-order valence-electron chi connectivity index (χ1n) is 10.4. The van der Waals surface area contributed by atoms with Gasteiger partial charge in [-0.2, -0.15) is 0 Å². The van der Waals surface area contributed by atoms with Gasteiger partial charge in [-0.3, -0.25) is 10.4 Å². The van der Waals surface area contributed by atoms with Crippen molar-refractivity contribution in [2.45, 2.75) is 31.2 Å². The molecule has 3 aromatic carbocycles. The third kappa shape index (κ3) is 3.24. The second-order valence-electron chi connectivity index (χ2n) is 8.02. The quantitative estimate of drug-likeness (QED) is 0.581. The van der Waals surface area contributed by atoms with Gasteiger partial charge in [-0.1, -0.05) is 85.8 Å². The van der Waals surface area contributed by atoms with Gasteiger partial charge in [0.1, 0.15) is 5.66 Å². The third-order valence-corrected chi connectivity index (χ3v) is 6.46. The molecule has 5 rings (SSSR count). The number of nitrogens with one attached hydrogen (secondary N) is 2. The standard InChI is InChI=1S/C25H25N3OS/c1-18-23(20-13-7-3-8-14-20)29-22(19-11-5-2-6-12-19)17-25(18)26-24(30)27-28(25)21-15-9-4-10-16-21/h2-16,18,22-23H,17H2,1H3,(H2,26,27,30). The predicted octanol–water partition coefficient (Wildman–Crippen LogP) is 5.12. The average Bonchev–Trinajstić information content (AvgIpc) is 3.14. The van der Waals surface area contributed by atoms with E-state index < -0.39 is 5.66 Å². The number of anilines is 1. The van der Waals surface area contributed by atoms with Crippen molar-refractivity contribution in [3.8, 4) is 0 Å². The molecule has 2 aliphatic rings. The molecular weight excluding hydrogens is 390 g/mol. The summed E-state index contributed by atoms with van der Waals surface area (Å²) in [5.74, 6) is 0.132. The van der Waals surface area contributed by atoms with E-state index in [9.17, 15) is 0 Å². The maximum absolute atomic E-state index is 6.74. The van der Waals surface area contributed by atoms with Crippen molar-refractivity contribution in [2.24, 2.45) is 5.92 Å². The number of ether oxygens (including phenoxy) is 1. The number of hydrogen-bond donors (Lipinski definition) is 2. The number of para-hydroxylation sites is 1. The molecule has 0 aromatic heterocycles. The minimum atomic E-state index is -0.419. The first-order valence-corrected chi connectivity index (χ1v) is 10.8. The number of hydrogen-bond acceptors (Lipinski definition) is 3. The minimum Gasteiger partial charge on any atom is -0.365 e. The summed E-state index contributed by atoms with van der Waals surface area (Å²) in [6, 6.07) is 31.3. The number of benzene rings is 3. The van der Waals surface area contributed by atoms with Gasteiger partial charge in [-0.15, -0.1) is 0 Å². The van der Waals surface area contributed by atoms with Crippen LogP contribution in [-0.4, -0.2) is 10.8 Å². The van der Waals surface area contributed by atoms with Gasteiger partial charge in [-0.25, -0.2) is 0 Å². The fraction of sp³-hybridized carbons (Fsp3) is 0.240. The molecule has 2 fully saturated rings. The summed E-state index contributed by atoms with van der Waals surface area (Å²) < 4.78 is 6.74. The Morgan fingerprint density at radius 2 is 1.43 bits per heavy atom. The Hall–Kier alpha value is -2.89. The zero-order valence-corrected chi connectivity index (χ0v) is 17.7. The second kappa shape index (κ2) is 7.74. The second-order valence-corrected chi connectivity index (χ2v) is 8.43. The Morgan fingerprint density at radius 1 is 0.867 bits per heavy atom. The molecular formula is C25H25N3OS. The van der Waals surface area contributed by atoms with E-state index in [1.807, 2.05) is 18.2 Å². The third-order valence-electron chi connectivity index (χ3n) is 6.27. The number of hydrazine groups is 1. The molecule has 2 saturated heterocycles. The van der Waals surface area contributed by atoms with Crippen LogP contribution in [-0.2, 0) is 4.74 Å². The highest BCUT2D eigenvalue weighted by Gasteiger charge is 2.55. The molecule has 4 atom stereocenters. The van der Waals surface area contributed by atoms with Crippen LogP contribution in [0, 0.1) is 5.92 Å². The molecule has 4 unspecified atom stereocenters. The first kappa shape index (κ1) is 19.1. The van der Waals surface area contributed by atoms with Crippen LogP contribution in [0.5, 0.6) is 0 Å². The fourth-order valence-electron chi connectivity index (χ4n) is 4.75. The fourth-order valence-corrected chi connectivity index (χ4v) is 5.02. The summed E-state index contributed by atoms with van der Waals surface area (Å²) in [5.41, 5.74) is 6.42. The summed E-state index contributed by atoms with van der Waals surface area (Å²) >= 11 is 5.61. The normalized spacial score (nSPS) is 28.2. The number of nitrogens with zero attached hydrogens (tertiary/aromatic N) is 1. The van der Waals surface area contributed by atoms with E-state index in [2.05, 4.69) is 95.5 Å². The lowest BCUT2D eigenvalue weighted by molar-refractivity contribution is -0.122. The highest BCUT2D eigenvalue weighted by molar-refractivity contribution is 7.80. The van der Waals surface area contributed by atoms with Crippen LogP contribution in [0.4, 0.5) is 5.69 Å². The maximum Gasteiger partial charge on any atom is 0.187 e. The molecule has 0 radical (unpaired) electrons. The van der Waals surface area contributed by atoms with Gasteiger partial charge in [0, 0.05) is 12.3 Å². The van der Waals surface area contributed by atoms with Crippen molar-refractivity contribution in [3.05, 3.63) is 102 Å². The summed E-state index contributed by atoms with van der Waals surface area (Å²) in [6.45, 7) is 2.25. The van der Waals surface area contributed by atoms with E-state index in [1.54, 1.807) is 0 Å². The van der Waals surface area contributed by atoms with Crippen LogP contribution in [0.25, 0.3) is 0 Å². The smallest absolute Gasteiger partial charge is 0.187 e. The predicted molar refractivity (Wildman–Crippen MR) is 124 cm³/mol. The highest BCUT2D eigenvalue weighted by Crippen LogP contribution is 2.50. The molecule has 4 nitrogen and oxygen atoms in total. The van der Waals surface area contributed by atoms with Gasteiger partial charge >= 0.3 is 0 Å². The zero-order valence-electron chi connectivity index (χ0n) is 16.9. The van der Waals surface area contributed by atoms with Crippen molar-refractivity contribution in [3.63, 3.8) is 0 Å². The van der Waals surface area contributed by atoms with Crippen molar-refractivity contribution in [2.75, 3.05) is 5.01 Å². The van der Waals surface area contributed by atoms with E-state index in [0.29, 0.717) is 5.11 Å². The molecule has 3 aromatic rings. The Balaban J connectivity index is 1.62. The Bertz CT molecular complexity index is 1010. The summed E-state index contributed by atoms with van der Waals surface area (Å²) in [5, 5.41) is 6.48. The monoisotopic (exact) mass is 415 g/mol. The molecule has 0 amide bonds.